The van der Waals surface area contributed by atoms with Crippen LogP contribution in [0.3, 0.4) is 0 Å². The molecule has 1 saturated heterocycles. The summed E-state index contributed by atoms with van der Waals surface area (Å²) in [4.78, 5) is 22.1. The molecule has 1 aliphatic rings. The minimum absolute atomic E-state index is 0.229. The van der Waals surface area contributed by atoms with Crippen LogP contribution in [0.5, 0.6) is 0 Å². The molecule has 0 unspecified atom stereocenters. The van der Waals surface area contributed by atoms with E-state index in [0.717, 1.165) is 42.7 Å². The molecule has 0 bridgehead atoms. The second-order valence-electron chi connectivity index (χ2n) is 5.49. The topological polar surface area (TPSA) is 58.0 Å². The van der Waals surface area contributed by atoms with Gasteiger partial charge in [0.05, 0.1) is 11.7 Å². The maximum atomic E-state index is 4.64. The van der Waals surface area contributed by atoms with Crippen molar-refractivity contribution in [2.75, 3.05) is 30.4 Å². The quantitative estimate of drug-likeness (QED) is 0.859. The molecule has 0 aliphatic carbocycles. The maximum absolute atomic E-state index is 4.64. The first-order chi connectivity index (χ1) is 10.1. The Morgan fingerprint density at radius 3 is 2.67 bits per heavy atom. The van der Waals surface area contributed by atoms with Crippen LogP contribution in [-0.4, -0.2) is 40.6 Å². The Morgan fingerprint density at radius 2 is 1.95 bits per heavy atom. The summed E-state index contributed by atoms with van der Waals surface area (Å²) in [6.45, 7) is 2.91. The molecule has 1 aliphatic heterocycles. The Bertz CT molecular complexity index is 613. The Morgan fingerprint density at radius 1 is 1.19 bits per heavy atom. The number of aromatic nitrogens is 4. The highest BCUT2D eigenvalue weighted by Crippen LogP contribution is 2.34. The van der Waals surface area contributed by atoms with E-state index in [1.807, 2.05) is 32.0 Å². The van der Waals surface area contributed by atoms with Crippen LogP contribution in [0.4, 0.5) is 11.8 Å². The first kappa shape index (κ1) is 13.7. The molecular weight excluding hydrogens is 264 g/mol. The molecule has 1 atom stereocenters. The lowest BCUT2D eigenvalue weighted by atomic mass is 10.1. The third-order valence-corrected chi connectivity index (χ3v) is 3.71. The molecule has 0 spiro atoms. The molecule has 2 aromatic rings. The maximum Gasteiger partial charge on any atom is 0.225 e. The van der Waals surface area contributed by atoms with Gasteiger partial charge in [-0.3, -0.25) is 0 Å². The van der Waals surface area contributed by atoms with E-state index in [1.54, 1.807) is 12.4 Å². The minimum Gasteiger partial charge on any atom is -0.363 e. The molecule has 2 aromatic heterocycles. The Labute approximate surface area is 124 Å². The number of hydrogen-bond acceptors (Lipinski definition) is 6. The molecule has 21 heavy (non-hydrogen) atoms. The summed E-state index contributed by atoms with van der Waals surface area (Å²) < 4.78 is 0. The average molecular weight is 284 g/mol. The van der Waals surface area contributed by atoms with Gasteiger partial charge in [0.2, 0.25) is 5.95 Å². The van der Waals surface area contributed by atoms with Crippen molar-refractivity contribution in [1.82, 2.24) is 19.9 Å². The molecule has 0 N–H and O–H groups in total. The molecule has 6 heteroatoms. The second kappa shape index (κ2) is 5.63. The molecule has 110 valence electrons. The largest absolute Gasteiger partial charge is 0.363 e. The van der Waals surface area contributed by atoms with Crippen LogP contribution in [0, 0.1) is 6.92 Å². The van der Waals surface area contributed by atoms with E-state index in [2.05, 4.69) is 30.9 Å². The zero-order valence-corrected chi connectivity index (χ0v) is 12.7. The average Bonchev–Trinajstić information content (AvgIpc) is 2.97. The van der Waals surface area contributed by atoms with E-state index in [-0.39, 0.29) is 6.04 Å². The van der Waals surface area contributed by atoms with E-state index < -0.39 is 0 Å². The monoisotopic (exact) mass is 284 g/mol. The molecule has 0 saturated carbocycles. The van der Waals surface area contributed by atoms with Crippen LogP contribution >= 0.6 is 0 Å². The Balaban J connectivity index is 1.95. The zero-order chi connectivity index (χ0) is 14.8. The Hall–Kier alpha value is -2.24. The van der Waals surface area contributed by atoms with E-state index in [1.165, 1.54) is 0 Å². The number of rotatable bonds is 3. The standard InChI is InChI=1S/C15H20N6/c1-11-18-12(10-14(19-11)20(2)3)13-6-4-9-21(13)15-16-7-5-8-17-15/h5,7-8,10,13H,4,6,9H2,1-3H3/t13-/m1/s1. The van der Waals surface area contributed by atoms with E-state index in [0.29, 0.717) is 0 Å². The van der Waals surface area contributed by atoms with Crippen molar-refractivity contribution in [2.45, 2.75) is 25.8 Å². The fourth-order valence-corrected chi connectivity index (χ4v) is 2.73. The Kier molecular flexibility index (Phi) is 3.68. The van der Waals surface area contributed by atoms with Crippen LogP contribution < -0.4 is 9.80 Å². The van der Waals surface area contributed by atoms with Gasteiger partial charge in [0, 0.05) is 39.1 Å². The van der Waals surface area contributed by atoms with Crippen molar-refractivity contribution in [3.05, 3.63) is 36.0 Å². The van der Waals surface area contributed by atoms with Gasteiger partial charge in [-0.1, -0.05) is 0 Å². The third kappa shape index (κ3) is 2.79. The van der Waals surface area contributed by atoms with Crippen LogP contribution in [0.1, 0.15) is 30.4 Å². The predicted octanol–water partition coefficient (Wildman–Crippen LogP) is 1.98. The van der Waals surface area contributed by atoms with Crippen LogP contribution in [0.15, 0.2) is 24.5 Å². The third-order valence-electron chi connectivity index (χ3n) is 3.71. The van der Waals surface area contributed by atoms with Crippen molar-refractivity contribution in [3.8, 4) is 0 Å². The molecular formula is C15H20N6. The first-order valence-electron chi connectivity index (χ1n) is 7.22. The number of anilines is 2. The summed E-state index contributed by atoms with van der Waals surface area (Å²) in [5.74, 6) is 2.53. The fraction of sp³-hybridized carbons (Fsp3) is 0.467. The van der Waals surface area contributed by atoms with Gasteiger partial charge >= 0.3 is 0 Å². The normalized spacial score (nSPS) is 18.0. The van der Waals surface area contributed by atoms with E-state index in [4.69, 9.17) is 0 Å². The number of hydrogen-bond donors (Lipinski definition) is 0. The lowest BCUT2D eigenvalue weighted by Gasteiger charge is -2.25. The van der Waals surface area contributed by atoms with Crippen molar-refractivity contribution in [1.29, 1.82) is 0 Å². The van der Waals surface area contributed by atoms with Gasteiger partial charge in [0.25, 0.3) is 0 Å². The molecule has 3 heterocycles. The lowest BCUT2D eigenvalue weighted by molar-refractivity contribution is 0.672. The van der Waals surface area contributed by atoms with Crippen LogP contribution in [0.2, 0.25) is 0 Å². The molecule has 0 radical (unpaired) electrons. The molecule has 6 nitrogen and oxygen atoms in total. The van der Waals surface area contributed by atoms with Gasteiger partial charge in [-0.2, -0.15) is 0 Å². The highest BCUT2D eigenvalue weighted by Gasteiger charge is 2.29. The van der Waals surface area contributed by atoms with Gasteiger partial charge in [0.1, 0.15) is 11.6 Å². The van der Waals surface area contributed by atoms with Crippen molar-refractivity contribution >= 4 is 11.8 Å². The predicted molar refractivity (Wildman–Crippen MR) is 82.4 cm³/mol. The highest BCUT2D eigenvalue weighted by molar-refractivity contribution is 5.42. The SMILES string of the molecule is Cc1nc([C@H]2CCCN2c2ncccn2)cc(N(C)C)n1. The van der Waals surface area contributed by atoms with Crippen LogP contribution in [0.25, 0.3) is 0 Å². The van der Waals surface area contributed by atoms with Crippen molar-refractivity contribution in [2.24, 2.45) is 0 Å². The summed E-state index contributed by atoms with van der Waals surface area (Å²) in [6, 6.07) is 4.14. The molecule has 3 rings (SSSR count). The fourth-order valence-electron chi connectivity index (χ4n) is 2.73. The summed E-state index contributed by atoms with van der Waals surface area (Å²) in [6.07, 6.45) is 5.77. The summed E-state index contributed by atoms with van der Waals surface area (Å²) in [7, 11) is 4.00. The minimum atomic E-state index is 0.229. The van der Waals surface area contributed by atoms with Crippen molar-refractivity contribution in [3.63, 3.8) is 0 Å². The number of aryl methyl sites for hydroxylation is 1. The van der Waals surface area contributed by atoms with Gasteiger partial charge < -0.3 is 9.80 Å². The van der Waals surface area contributed by atoms with Gasteiger partial charge in [-0.15, -0.1) is 0 Å². The van der Waals surface area contributed by atoms with Crippen molar-refractivity contribution < 1.29 is 0 Å². The second-order valence-corrected chi connectivity index (χ2v) is 5.49. The van der Waals surface area contributed by atoms with Crippen LogP contribution in [-0.2, 0) is 0 Å². The van der Waals surface area contributed by atoms with Gasteiger partial charge in [0.15, 0.2) is 0 Å². The highest BCUT2D eigenvalue weighted by atomic mass is 15.3. The van der Waals surface area contributed by atoms with Gasteiger partial charge in [-0.25, -0.2) is 19.9 Å². The van der Waals surface area contributed by atoms with E-state index in [9.17, 15) is 0 Å². The molecule has 1 fully saturated rings. The summed E-state index contributed by atoms with van der Waals surface area (Å²) >= 11 is 0. The molecule has 0 amide bonds. The smallest absolute Gasteiger partial charge is 0.225 e. The lowest BCUT2D eigenvalue weighted by Crippen LogP contribution is -2.26. The summed E-state index contributed by atoms with van der Waals surface area (Å²) in [5, 5.41) is 0. The van der Waals surface area contributed by atoms with Gasteiger partial charge in [-0.05, 0) is 25.8 Å². The zero-order valence-electron chi connectivity index (χ0n) is 12.7. The first-order valence-corrected chi connectivity index (χ1v) is 7.22. The molecule has 0 aromatic carbocycles. The summed E-state index contributed by atoms with van der Waals surface area (Å²) in [5.41, 5.74) is 1.05. The van der Waals surface area contributed by atoms with E-state index >= 15 is 0 Å². The number of nitrogens with zero attached hydrogens (tertiary/aromatic N) is 6.